The minimum Gasteiger partial charge on any atom is -0.464 e. The first kappa shape index (κ1) is 29.8. The molecule has 1 fully saturated rings. The van der Waals surface area contributed by atoms with Crippen molar-refractivity contribution in [1.29, 1.82) is 0 Å². The molecular formula is C30H44FN3O4. The standard InChI is InChI=1S/C30H44FN3O4/c1-23(19-30(3,4)5)18-28(35)33(13-12-32-14-16-37-17-15-32)22-29(36)34(21-27-11-6-24(2)38-27)20-25-7-9-26(31)10-8-25/h6-11,23H,12-22H2,1-5H3/t23-/m0/s1. The van der Waals surface area contributed by atoms with Gasteiger partial charge in [-0.25, -0.2) is 4.39 Å². The van der Waals surface area contributed by atoms with E-state index in [9.17, 15) is 14.0 Å². The molecule has 0 unspecified atom stereocenters. The minimum atomic E-state index is -0.322. The highest BCUT2D eigenvalue weighted by Gasteiger charge is 2.26. The molecule has 2 aromatic rings. The van der Waals surface area contributed by atoms with Gasteiger partial charge in [-0.3, -0.25) is 14.5 Å². The highest BCUT2D eigenvalue weighted by atomic mass is 19.1. The van der Waals surface area contributed by atoms with Crippen molar-refractivity contribution in [2.45, 2.75) is 60.5 Å². The summed E-state index contributed by atoms with van der Waals surface area (Å²) in [5.74, 6) is 1.16. The van der Waals surface area contributed by atoms with Gasteiger partial charge in [-0.15, -0.1) is 0 Å². The van der Waals surface area contributed by atoms with Crippen LogP contribution in [0.1, 0.15) is 57.6 Å². The SMILES string of the molecule is Cc1ccc(CN(Cc2ccc(F)cc2)C(=O)CN(CCN2CCOCC2)C(=O)C[C@H](C)CC(C)(C)C)o1. The Labute approximate surface area is 226 Å². The van der Waals surface area contributed by atoms with Crippen molar-refractivity contribution in [2.75, 3.05) is 45.9 Å². The molecule has 0 aliphatic carbocycles. The number of morpholine rings is 1. The largest absolute Gasteiger partial charge is 0.464 e. The van der Waals surface area contributed by atoms with E-state index in [4.69, 9.17) is 9.15 Å². The first-order valence-corrected chi connectivity index (χ1v) is 13.6. The third kappa shape index (κ3) is 10.2. The third-order valence-electron chi connectivity index (χ3n) is 6.73. The van der Waals surface area contributed by atoms with Gasteiger partial charge in [-0.05, 0) is 54.5 Å². The zero-order valence-corrected chi connectivity index (χ0v) is 23.7. The van der Waals surface area contributed by atoms with Crippen LogP contribution in [0.4, 0.5) is 4.39 Å². The van der Waals surface area contributed by atoms with Crippen molar-refractivity contribution < 1.29 is 23.1 Å². The summed E-state index contributed by atoms with van der Waals surface area (Å²) in [6, 6.07) is 9.87. The fraction of sp³-hybridized carbons (Fsp3) is 0.600. The Hall–Kier alpha value is -2.71. The maximum Gasteiger partial charge on any atom is 0.242 e. The van der Waals surface area contributed by atoms with E-state index >= 15 is 0 Å². The molecule has 2 amide bonds. The van der Waals surface area contributed by atoms with Gasteiger partial charge in [-0.1, -0.05) is 39.8 Å². The number of aryl methyl sites for hydroxylation is 1. The van der Waals surface area contributed by atoms with Crippen LogP contribution in [-0.2, 0) is 27.4 Å². The van der Waals surface area contributed by atoms with Gasteiger partial charge < -0.3 is 19.0 Å². The number of hydrogen-bond acceptors (Lipinski definition) is 5. The zero-order valence-electron chi connectivity index (χ0n) is 23.7. The topological polar surface area (TPSA) is 66.2 Å². The number of hydrogen-bond donors (Lipinski definition) is 0. The summed E-state index contributed by atoms with van der Waals surface area (Å²) in [5.41, 5.74) is 0.939. The van der Waals surface area contributed by atoms with Crippen molar-refractivity contribution in [3.63, 3.8) is 0 Å². The summed E-state index contributed by atoms with van der Waals surface area (Å²) in [6.45, 7) is 15.3. The van der Waals surface area contributed by atoms with Gasteiger partial charge in [0.1, 0.15) is 17.3 Å². The van der Waals surface area contributed by atoms with Crippen LogP contribution < -0.4 is 0 Å². The molecule has 1 aromatic heterocycles. The molecule has 2 heterocycles. The molecule has 0 bridgehead atoms. The molecule has 0 radical (unpaired) electrons. The predicted octanol–water partition coefficient (Wildman–Crippen LogP) is 4.88. The average molecular weight is 530 g/mol. The lowest BCUT2D eigenvalue weighted by molar-refractivity contribution is -0.142. The number of carbonyl (C=O) groups excluding carboxylic acids is 2. The van der Waals surface area contributed by atoms with Crippen LogP contribution in [0, 0.1) is 24.1 Å². The number of halogens is 1. The molecule has 1 saturated heterocycles. The highest BCUT2D eigenvalue weighted by Crippen LogP contribution is 2.26. The summed E-state index contributed by atoms with van der Waals surface area (Å²) < 4.78 is 24.7. The molecule has 3 rings (SSSR count). The number of rotatable bonds is 12. The Morgan fingerprint density at radius 2 is 1.68 bits per heavy atom. The molecule has 1 aliphatic heterocycles. The lowest BCUT2D eigenvalue weighted by atomic mass is 9.84. The lowest BCUT2D eigenvalue weighted by Gasteiger charge is -2.32. The van der Waals surface area contributed by atoms with Crippen molar-refractivity contribution in [1.82, 2.24) is 14.7 Å². The van der Waals surface area contributed by atoms with E-state index in [1.165, 1.54) is 12.1 Å². The van der Waals surface area contributed by atoms with E-state index in [0.29, 0.717) is 45.0 Å². The molecule has 0 saturated carbocycles. The summed E-state index contributed by atoms with van der Waals surface area (Å²) in [5, 5.41) is 0. The van der Waals surface area contributed by atoms with Crippen molar-refractivity contribution in [2.24, 2.45) is 11.3 Å². The minimum absolute atomic E-state index is 0.000986. The van der Waals surface area contributed by atoms with Gasteiger partial charge in [0.05, 0.1) is 26.3 Å². The summed E-state index contributed by atoms with van der Waals surface area (Å²) >= 11 is 0. The van der Waals surface area contributed by atoms with Crippen LogP contribution >= 0.6 is 0 Å². The second kappa shape index (κ2) is 13.9. The number of ether oxygens (including phenoxy) is 1. The number of nitrogens with zero attached hydrogens (tertiary/aromatic N) is 3. The highest BCUT2D eigenvalue weighted by molar-refractivity contribution is 5.85. The van der Waals surface area contributed by atoms with Gasteiger partial charge in [-0.2, -0.15) is 0 Å². The zero-order chi connectivity index (χ0) is 27.7. The Balaban J connectivity index is 1.74. The lowest BCUT2D eigenvalue weighted by Crippen LogP contribution is -2.47. The number of amides is 2. The quantitative estimate of drug-likeness (QED) is 0.392. The van der Waals surface area contributed by atoms with E-state index in [1.54, 1.807) is 21.9 Å². The van der Waals surface area contributed by atoms with Crippen LogP contribution in [0.2, 0.25) is 0 Å². The monoisotopic (exact) mass is 529 g/mol. The van der Waals surface area contributed by atoms with Crippen molar-refractivity contribution >= 4 is 11.8 Å². The molecule has 1 aromatic carbocycles. The molecule has 8 heteroatoms. The summed E-state index contributed by atoms with van der Waals surface area (Å²) in [6.07, 6.45) is 1.33. The van der Waals surface area contributed by atoms with Crippen LogP contribution in [0.25, 0.3) is 0 Å². The van der Waals surface area contributed by atoms with Crippen LogP contribution in [0.15, 0.2) is 40.8 Å². The predicted molar refractivity (Wildman–Crippen MR) is 146 cm³/mol. The number of carbonyl (C=O) groups is 2. The van der Waals surface area contributed by atoms with E-state index in [2.05, 4.69) is 32.6 Å². The number of benzene rings is 1. The molecule has 1 aliphatic rings. The van der Waals surface area contributed by atoms with Crippen molar-refractivity contribution in [3.8, 4) is 0 Å². The Kier molecular flexibility index (Phi) is 10.9. The maximum atomic E-state index is 13.7. The van der Waals surface area contributed by atoms with Crippen LogP contribution in [-0.4, -0.2) is 72.5 Å². The Bertz CT molecular complexity index is 1020. The molecule has 0 spiro atoms. The smallest absolute Gasteiger partial charge is 0.242 e. The summed E-state index contributed by atoms with van der Waals surface area (Å²) in [4.78, 5) is 32.8. The molecule has 7 nitrogen and oxygen atoms in total. The Morgan fingerprint density at radius 3 is 2.29 bits per heavy atom. The molecule has 0 N–H and O–H groups in total. The van der Waals surface area contributed by atoms with Gasteiger partial charge in [0.2, 0.25) is 11.8 Å². The van der Waals surface area contributed by atoms with E-state index < -0.39 is 0 Å². The first-order valence-electron chi connectivity index (χ1n) is 13.6. The summed E-state index contributed by atoms with van der Waals surface area (Å²) in [7, 11) is 0. The molecular weight excluding hydrogens is 485 g/mol. The fourth-order valence-corrected chi connectivity index (χ4v) is 4.99. The molecule has 1 atom stereocenters. The van der Waals surface area contributed by atoms with E-state index in [0.717, 1.165) is 30.8 Å². The van der Waals surface area contributed by atoms with Gasteiger partial charge in [0, 0.05) is 39.1 Å². The molecule has 210 valence electrons. The second-order valence-electron chi connectivity index (χ2n) is 11.7. The van der Waals surface area contributed by atoms with Gasteiger partial charge in [0.15, 0.2) is 0 Å². The van der Waals surface area contributed by atoms with Gasteiger partial charge >= 0.3 is 0 Å². The van der Waals surface area contributed by atoms with Crippen LogP contribution in [0.5, 0.6) is 0 Å². The van der Waals surface area contributed by atoms with Gasteiger partial charge in [0.25, 0.3) is 0 Å². The average Bonchev–Trinajstić information content (AvgIpc) is 3.26. The fourth-order valence-electron chi connectivity index (χ4n) is 4.99. The van der Waals surface area contributed by atoms with E-state index in [1.807, 2.05) is 19.1 Å². The second-order valence-corrected chi connectivity index (χ2v) is 11.7. The van der Waals surface area contributed by atoms with Crippen LogP contribution in [0.3, 0.4) is 0 Å². The number of furan rings is 1. The van der Waals surface area contributed by atoms with Crippen molar-refractivity contribution in [3.05, 3.63) is 59.3 Å². The Morgan fingerprint density at radius 1 is 1.00 bits per heavy atom. The molecule has 38 heavy (non-hydrogen) atoms. The maximum absolute atomic E-state index is 13.7. The third-order valence-corrected chi connectivity index (χ3v) is 6.73. The normalized spacial score (nSPS) is 15.3. The van der Waals surface area contributed by atoms with E-state index in [-0.39, 0.29) is 42.1 Å². The first-order chi connectivity index (χ1) is 18.0.